The molecule has 4 rings (SSSR count). The van der Waals surface area contributed by atoms with E-state index < -0.39 is 0 Å². The van der Waals surface area contributed by atoms with Gasteiger partial charge in [0.05, 0.1) is 0 Å². The van der Waals surface area contributed by atoms with Crippen molar-refractivity contribution in [3.8, 4) is 12.1 Å². The standard InChI is InChI=1S/C36H38N4Se2/c1-5-7-9-11-13-15-17-25-19-31-30(34-28(25)21-32(41-34)27(23-37)24-38)20-26(18-16-14-12-10-8-6-2)29-22-33(42-35(29)31)36(39-3)40-4/h19-22H,5-18H2,1-2H3. The Balaban J connectivity index is 1.91. The fraction of sp³-hybridized carbons (Fsp3) is 0.444. The van der Waals surface area contributed by atoms with Crippen LogP contribution in [0.25, 0.3) is 51.1 Å². The van der Waals surface area contributed by atoms with Crippen molar-refractivity contribution in [1.82, 2.24) is 0 Å². The van der Waals surface area contributed by atoms with Crippen molar-refractivity contribution in [2.45, 2.75) is 104 Å². The first-order valence-corrected chi connectivity index (χ1v) is 18.8. The molecular weight excluding hydrogens is 646 g/mol. The van der Waals surface area contributed by atoms with Crippen LogP contribution in [0.2, 0.25) is 0 Å². The molecule has 0 aliphatic heterocycles. The predicted octanol–water partition coefficient (Wildman–Crippen LogP) is 8.17. The fourth-order valence-electron chi connectivity index (χ4n) is 5.80. The molecule has 0 saturated carbocycles. The molecule has 2 aromatic heterocycles. The van der Waals surface area contributed by atoms with Crippen molar-refractivity contribution < 1.29 is 0 Å². The number of benzene rings is 2. The van der Waals surface area contributed by atoms with Gasteiger partial charge in [0.2, 0.25) is 0 Å². The Hall–Kier alpha value is -3.08. The molecule has 0 aliphatic rings. The number of aryl methyl sites for hydroxylation is 2. The molecule has 4 aromatic rings. The summed E-state index contributed by atoms with van der Waals surface area (Å²) in [5.41, 5.74) is 2.87. The molecule has 0 amide bonds. The second-order valence-electron chi connectivity index (χ2n) is 11.1. The summed E-state index contributed by atoms with van der Waals surface area (Å²) in [6, 6.07) is 13.3. The van der Waals surface area contributed by atoms with Gasteiger partial charge in [0.15, 0.2) is 0 Å². The average Bonchev–Trinajstić information content (AvgIpc) is 3.64. The van der Waals surface area contributed by atoms with Crippen LogP contribution in [0.15, 0.2) is 24.3 Å². The number of nitriles is 2. The maximum absolute atomic E-state index is 9.67. The summed E-state index contributed by atoms with van der Waals surface area (Å²) in [5, 5.41) is 24.3. The van der Waals surface area contributed by atoms with Gasteiger partial charge in [-0.2, -0.15) is 0 Å². The van der Waals surface area contributed by atoms with E-state index in [-0.39, 0.29) is 40.4 Å². The van der Waals surface area contributed by atoms with Crippen molar-refractivity contribution in [2.24, 2.45) is 0 Å². The molecule has 0 spiro atoms. The molecule has 42 heavy (non-hydrogen) atoms. The third kappa shape index (κ3) is 7.27. The predicted molar refractivity (Wildman–Crippen MR) is 177 cm³/mol. The van der Waals surface area contributed by atoms with Crippen molar-refractivity contribution in [3.63, 3.8) is 0 Å². The molecule has 0 radical (unpaired) electrons. The summed E-state index contributed by atoms with van der Waals surface area (Å²) in [6.45, 7) is 19.7. The minimum absolute atomic E-state index is 0.0979. The summed E-state index contributed by atoms with van der Waals surface area (Å²) < 4.78 is 4.39. The molecule has 2 aromatic carbocycles. The van der Waals surface area contributed by atoms with Crippen LogP contribution in [-0.2, 0) is 12.8 Å². The Bertz CT molecular complexity index is 1690. The third-order valence-corrected chi connectivity index (χ3v) is 13.0. The van der Waals surface area contributed by atoms with Crippen LogP contribution in [-0.4, -0.2) is 29.0 Å². The molecule has 0 saturated heterocycles. The molecule has 0 N–H and O–H groups in total. The van der Waals surface area contributed by atoms with Crippen LogP contribution in [0.1, 0.15) is 102 Å². The van der Waals surface area contributed by atoms with E-state index in [0.29, 0.717) is 0 Å². The summed E-state index contributed by atoms with van der Waals surface area (Å²) in [4.78, 5) is 7.14. The Labute approximate surface area is 262 Å². The molecule has 0 unspecified atom stereocenters. The van der Waals surface area contributed by atoms with E-state index in [1.807, 2.05) is 0 Å². The van der Waals surface area contributed by atoms with Crippen LogP contribution >= 0.6 is 0 Å². The van der Waals surface area contributed by atoms with Crippen molar-refractivity contribution in [1.29, 1.82) is 10.5 Å². The van der Waals surface area contributed by atoms with Crippen LogP contribution in [0, 0.1) is 35.8 Å². The first kappa shape index (κ1) is 31.8. The number of hydrogen-bond donors (Lipinski definition) is 0. The molecule has 6 heteroatoms. The monoisotopic (exact) mass is 686 g/mol. The topological polar surface area (TPSA) is 56.3 Å². The van der Waals surface area contributed by atoms with Gasteiger partial charge in [-0.15, -0.1) is 0 Å². The zero-order valence-electron chi connectivity index (χ0n) is 24.8. The second kappa shape index (κ2) is 16.0. The van der Waals surface area contributed by atoms with E-state index >= 15 is 0 Å². The first-order valence-electron chi connectivity index (χ1n) is 15.3. The minimum atomic E-state index is -0.108. The van der Waals surface area contributed by atoms with Crippen LogP contribution < -0.4 is 8.19 Å². The Kier molecular flexibility index (Phi) is 12.1. The summed E-state index contributed by atoms with van der Waals surface area (Å²) in [6.07, 6.45) is 16.8. The first-order chi connectivity index (χ1) is 20.6. The number of hydrogen-bond acceptors (Lipinski definition) is 2. The van der Waals surface area contributed by atoms with E-state index in [1.165, 1.54) is 105 Å². The quantitative estimate of drug-likeness (QED) is 0.0765. The van der Waals surface area contributed by atoms with E-state index in [0.717, 1.165) is 33.9 Å². The SMILES string of the molecule is [C-]#[N+]C([N+]#[C-])=c1cc2c(CCCCCCCC)cc3c(cc(CCCCCCCC)c4cc(=C(C#N)C#N)[se]c43)c2[se]1. The van der Waals surface area contributed by atoms with Gasteiger partial charge in [0, 0.05) is 0 Å². The molecule has 0 aliphatic carbocycles. The van der Waals surface area contributed by atoms with E-state index in [9.17, 15) is 10.5 Å². The Morgan fingerprint density at radius 2 is 1.05 bits per heavy atom. The summed E-state index contributed by atoms with van der Waals surface area (Å²) >= 11 is -0.206. The van der Waals surface area contributed by atoms with E-state index in [4.69, 9.17) is 13.1 Å². The molecular formula is C36H38N4Se2. The molecule has 214 valence electrons. The fourth-order valence-corrected chi connectivity index (χ4v) is 10.7. The zero-order chi connectivity index (χ0) is 29.9. The van der Waals surface area contributed by atoms with Gasteiger partial charge in [-0.3, -0.25) is 0 Å². The summed E-state index contributed by atoms with van der Waals surface area (Å²) in [5.74, 6) is 0.203. The van der Waals surface area contributed by atoms with Crippen molar-refractivity contribution >= 4 is 70.5 Å². The van der Waals surface area contributed by atoms with Crippen LogP contribution in [0.4, 0.5) is 0 Å². The average molecular weight is 685 g/mol. The Morgan fingerprint density at radius 1 is 0.619 bits per heavy atom. The second-order valence-corrected chi connectivity index (χ2v) is 15.5. The van der Waals surface area contributed by atoms with Crippen LogP contribution in [0.3, 0.4) is 0 Å². The van der Waals surface area contributed by atoms with Crippen molar-refractivity contribution in [3.05, 3.63) is 66.4 Å². The zero-order valence-corrected chi connectivity index (χ0v) is 28.2. The number of fused-ring (bicyclic) bond motifs is 5. The van der Waals surface area contributed by atoms with Gasteiger partial charge in [-0.25, -0.2) is 0 Å². The van der Waals surface area contributed by atoms with Gasteiger partial charge in [0.1, 0.15) is 0 Å². The molecule has 0 bridgehead atoms. The number of unbranched alkanes of at least 4 members (excludes halogenated alkanes) is 10. The number of rotatable bonds is 14. The summed E-state index contributed by atoms with van der Waals surface area (Å²) in [7, 11) is 0. The molecule has 0 fully saturated rings. The number of nitrogens with zero attached hydrogens (tertiary/aromatic N) is 4. The van der Waals surface area contributed by atoms with Crippen molar-refractivity contribution in [2.75, 3.05) is 0 Å². The molecule has 2 heterocycles. The van der Waals surface area contributed by atoms with Gasteiger partial charge >= 0.3 is 263 Å². The van der Waals surface area contributed by atoms with Gasteiger partial charge < -0.3 is 0 Å². The van der Waals surface area contributed by atoms with Gasteiger partial charge in [-0.05, 0) is 0 Å². The van der Waals surface area contributed by atoms with Gasteiger partial charge in [0.25, 0.3) is 0 Å². The Morgan fingerprint density at radius 3 is 1.50 bits per heavy atom. The molecule has 4 nitrogen and oxygen atoms in total. The normalized spacial score (nSPS) is 10.9. The van der Waals surface area contributed by atoms with E-state index in [1.54, 1.807) is 0 Å². The van der Waals surface area contributed by atoms with E-state index in [2.05, 4.69) is 59.9 Å². The molecule has 0 atom stereocenters. The van der Waals surface area contributed by atoms with Gasteiger partial charge in [-0.1, -0.05) is 0 Å². The van der Waals surface area contributed by atoms with Crippen LogP contribution in [0.5, 0.6) is 0 Å². The third-order valence-electron chi connectivity index (χ3n) is 8.07. The maximum atomic E-state index is 9.67.